The maximum atomic E-state index is 10.4. The van der Waals surface area contributed by atoms with Crippen LogP contribution in [-0.2, 0) is 0 Å². The van der Waals surface area contributed by atoms with Gasteiger partial charge in [0, 0.05) is 5.92 Å². The lowest BCUT2D eigenvalue weighted by Crippen LogP contribution is -2.21. The van der Waals surface area contributed by atoms with E-state index in [0.29, 0.717) is 18.0 Å². The number of nitrogens with two attached hydrogens (primary N) is 1. The molecule has 18 heavy (non-hydrogen) atoms. The van der Waals surface area contributed by atoms with E-state index in [9.17, 15) is 5.11 Å². The summed E-state index contributed by atoms with van der Waals surface area (Å²) >= 11 is 3.43. The summed E-state index contributed by atoms with van der Waals surface area (Å²) < 4.78 is 11.5. The second kappa shape index (κ2) is 5.91. The minimum absolute atomic E-state index is 0.0715. The maximum absolute atomic E-state index is 10.4. The third-order valence-electron chi connectivity index (χ3n) is 3.20. The zero-order valence-electron chi connectivity index (χ0n) is 10.4. The minimum atomic E-state index is -0.569. The van der Waals surface area contributed by atoms with Crippen LogP contribution in [-0.4, -0.2) is 18.4 Å². The number of hydrogen-bond donors (Lipinski definition) is 2. The highest BCUT2D eigenvalue weighted by Crippen LogP contribution is 2.42. The fraction of sp³-hybridized carbons (Fsp3) is 0.538. The number of hydrogen-bond acceptors (Lipinski definition) is 4. The van der Waals surface area contributed by atoms with Gasteiger partial charge in [0.05, 0.1) is 10.6 Å². The van der Waals surface area contributed by atoms with Gasteiger partial charge in [0.1, 0.15) is 0 Å². The summed E-state index contributed by atoms with van der Waals surface area (Å²) in [6.07, 6.45) is 1.34. The molecule has 1 aromatic carbocycles. The Labute approximate surface area is 115 Å². The van der Waals surface area contributed by atoms with Gasteiger partial charge in [-0.1, -0.05) is 13.3 Å². The molecule has 4 nitrogen and oxygen atoms in total. The average Bonchev–Trinajstić information content (AvgIpc) is 2.83. The molecule has 0 saturated carbocycles. The van der Waals surface area contributed by atoms with Crippen molar-refractivity contribution in [3.05, 3.63) is 22.2 Å². The molecule has 0 amide bonds. The normalized spacial score (nSPS) is 16.7. The highest BCUT2D eigenvalue weighted by molar-refractivity contribution is 9.10. The van der Waals surface area contributed by atoms with Gasteiger partial charge in [0.15, 0.2) is 11.5 Å². The van der Waals surface area contributed by atoms with Crippen molar-refractivity contribution in [1.29, 1.82) is 0 Å². The standard InChI is InChI=1S/C13H18BrNO3/c1-2-3-8(6-15)12(16)9-4-10(14)13-11(5-9)17-7-18-13/h4-5,8,12,16H,2-3,6-7,15H2,1H3. The summed E-state index contributed by atoms with van der Waals surface area (Å²) in [5.74, 6) is 1.44. The van der Waals surface area contributed by atoms with E-state index < -0.39 is 6.10 Å². The average molecular weight is 316 g/mol. The van der Waals surface area contributed by atoms with E-state index in [0.717, 1.165) is 22.9 Å². The van der Waals surface area contributed by atoms with E-state index in [-0.39, 0.29) is 12.7 Å². The molecule has 1 aliphatic rings. The molecule has 1 aromatic rings. The van der Waals surface area contributed by atoms with Crippen molar-refractivity contribution in [2.45, 2.75) is 25.9 Å². The SMILES string of the molecule is CCCC(CN)C(O)c1cc(Br)c2c(c1)OCO2. The lowest BCUT2D eigenvalue weighted by Gasteiger charge is -2.21. The third kappa shape index (κ3) is 2.63. The van der Waals surface area contributed by atoms with Gasteiger partial charge < -0.3 is 20.3 Å². The first-order valence-corrected chi connectivity index (χ1v) is 6.93. The predicted molar refractivity (Wildman–Crippen MR) is 72.7 cm³/mol. The molecule has 2 atom stereocenters. The van der Waals surface area contributed by atoms with Crippen LogP contribution < -0.4 is 15.2 Å². The number of ether oxygens (including phenoxy) is 2. The van der Waals surface area contributed by atoms with Gasteiger partial charge in [-0.2, -0.15) is 0 Å². The third-order valence-corrected chi connectivity index (χ3v) is 3.79. The largest absolute Gasteiger partial charge is 0.454 e. The zero-order valence-corrected chi connectivity index (χ0v) is 11.9. The number of aliphatic hydroxyl groups excluding tert-OH is 1. The monoisotopic (exact) mass is 315 g/mol. The Hall–Kier alpha value is -0.780. The predicted octanol–water partition coefficient (Wildman–Crippen LogP) is 2.59. The van der Waals surface area contributed by atoms with Crippen LogP contribution >= 0.6 is 15.9 Å². The fourth-order valence-electron chi connectivity index (χ4n) is 2.21. The van der Waals surface area contributed by atoms with E-state index in [1.165, 1.54) is 0 Å². The molecule has 5 heteroatoms. The topological polar surface area (TPSA) is 64.7 Å². The number of fused-ring (bicyclic) bond motifs is 1. The smallest absolute Gasteiger partial charge is 0.231 e. The molecule has 0 fully saturated rings. The Balaban J connectivity index is 2.25. The van der Waals surface area contributed by atoms with Crippen molar-refractivity contribution in [2.75, 3.05) is 13.3 Å². The summed E-state index contributed by atoms with van der Waals surface area (Å²) in [4.78, 5) is 0. The van der Waals surface area contributed by atoms with Crippen LogP contribution in [0, 0.1) is 5.92 Å². The Kier molecular flexibility index (Phi) is 4.48. The quantitative estimate of drug-likeness (QED) is 0.876. The molecule has 100 valence electrons. The van der Waals surface area contributed by atoms with Gasteiger partial charge in [0.2, 0.25) is 6.79 Å². The van der Waals surface area contributed by atoms with Gasteiger partial charge in [-0.3, -0.25) is 0 Å². The molecular weight excluding hydrogens is 298 g/mol. The lowest BCUT2D eigenvalue weighted by atomic mass is 9.92. The van der Waals surface area contributed by atoms with Crippen LogP contribution in [0.15, 0.2) is 16.6 Å². The highest BCUT2D eigenvalue weighted by atomic mass is 79.9. The summed E-state index contributed by atoms with van der Waals surface area (Å²) in [5, 5.41) is 10.4. The molecule has 2 rings (SSSR count). The molecule has 0 aliphatic carbocycles. The molecule has 1 heterocycles. The first-order chi connectivity index (χ1) is 8.67. The maximum Gasteiger partial charge on any atom is 0.231 e. The molecule has 0 bridgehead atoms. The van der Waals surface area contributed by atoms with Crippen molar-refractivity contribution >= 4 is 15.9 Å². The number of halogens is 1. The lowest BCUT2D eigenvalue weighted by molar-refractivity contribution is 0.106. The molecule has 1 aliphatic heterocycles. The van der Waals surface area contributed by atoms with Crippen LogP contribution in [0.1, 0.15) is 31.4 Å². The van der Waals surface area contributed by atoms with Crippen molar-refractivity contribution in [3.8, 4) is 11.5 Å². The van der Waals surface area contributed by atoms with Gasteiger partial charge >= 0.3 is 0 Å². The summed E-state index contributed by atoms with van der Waals surface area (Å²) in [6, 6.07) is 3.70. The Morgan fingerprint density at radius 1 is 1.44 bits per heavy atom. The van der Waals surface area contributed by atoms with Gasteiger partial charge in [-0.05, 0) is 46.6 Å². The first-order valence-electron chi connectivity index (χ1n) is 6.14. The second-order valence-corrected chi connectivity index (χ2v) is 5.32. The fourth-order valence-corrected chi connectivity index (χ4v) is 2.78. The minimum Gasteiger partial charge on any atom is -0.454 e. The molecular formula is C13H18BrNO3. The van der Waals surface area contributed by atoms with E-state index in [4.69, 9.17) is 15.2 Å². The molecule has 0 saturated heterocycles. The van der Waals surface area contributed by atoms with Crippen molar-refractivity contribution < 1.29 is 14.6 Å². The van der Waals surface area contributed by atoms with Crippen molar-refractivity contribution in [3.63, 3.8) is 0 Å². The van der Waals surface area contributed by atoms with Crippen LogP contribution in [0.5, 0.6) is 11.5 Å². The highest BCUT2D eigenvalue weighted by Gasteiger charge is 2.24. The van der Waals surface area contributed by atoms with Crippen molar-refractivity contribution in [2.24, 2.45) is 11.7 Å². The van der Waals surface area contributed by atoms with Crippen LogP contribution in [0.25, 0.3) is 0 Å². The molecule has 2 unspecified atom stereocenters. The molecule has 0 radical (unpaired) electrons. The van der Waals surface area contributed by atoms with E-state index in [1.807, 2.05) is 12.1 Å². The molecule has 0 spiro atoms. The number of benzene rings is 1. The van der Waals surface area contributed by atoms with Gasteiger partial charge in [-0.25, -0.2) is 0 Å². The first kappa shape index (κ1) is 13.6. The second-order valence-electron chi connectivity index (χ2n) is 4.47. The summed E-state index contributed by atoms with van der Waals surface area (Å²) in [7, 11) is 0. The summed E-state index contributed by atoms with van der Waals surface area (Å²) in [5.41, 5.74) is 6.54. The number of rotatable bonds is 5. The Bertz CT molecular complexity index is 425. The van der Waals surface area contributed by atoms with E-state index >= 15 is 0 Å². The molecule has 0 aromatic heterocycles. The van der Waals surface area contributed by atoms with Crippen LogP contribution in [0.3, 0.4) is 0 Å². The van der Waals surface area contributed by atoms with Gasteiger partial charge in [-0.15, -0.1) is 0 Å². The van der Waals surface area contributed by atoms with Crippen LogP contribution in [0.4, 0.5) is 0 Å². The number of aliphatic hydroxyl groups is 1. The zero-order chi connectivity index (χ0) is 13.1. The van der Waals surface area contributed by atoms with E-state index in [2.05, 4.69) is 22.9 Å². The van der Waals surface area contributed by atoms with Gasteiger partial charge in [0.25, 0.3) is 0 Å². The van der Waals surface area contributed by atoms with Crippen LogP contribution in [0.2, 0.25) is 0 Å². The van der Waals surface area contributed by atoms with E-state index in [1.54, 1.807) is 0 Å². The molecule has 3 N–H and O–H groups in total. The Morgan fingerprint density at radius 3 is 2.89 bits per heavy atom. The summed E-state index contributed by atoms with van der Waals surface area (Å²) in [6.45, 7) is 2.79. The van der Waals surface area contributed by atoms with Crippen molar-refractivity contribution in [1.82, 2.24) is 0 Å². The Morgan fingerprint density at radius 2 is 2.22 bits per heavy atom.